The highest BCUT2D eigenvalue weighted by molar-refractivity contribution is 7.91. The van der Waals surface area contributed by atoms with Gasteiger partial charge in [-0.3, -0.25) is 0 Å². The van der Waals surface area contributed by atoms with Gasteiger partial charge in [-0.2, -0.15) is 0 Å². The number of sulfone groups is 1. The standard InChI is InChI=1S/C15H25NO3S/c1-3-10-16-13-14-6-8-15(9-7-14)19-11-5-12-20(17,18)4-2/h6-9,16H,3-5,10-13H2,1-2H3. The average Bonchev–Trinajstić information content (AvgIpc) is 2.45. The first kappa shape index (κ1) is 17.0. The van der Waals surface area contributed by atoms with Crippen LogP contribution in [0.25, 0.3) is 0 Å². The fourth-order valence-electron chi connectivity index (χ4n) is 1.73. The average molecular weight is 299 g/mol. The minimum atomic E-state index is -2.88. The monoisotopic (exact) mass is 299 g/mol. The highest BCUT2D eigenvalue weighted by atomic mass is 32.2. The SMILES string of the molecule is CCCNCc1ccc(OCCCS(=O)(=O)CC)cc1. The molecule has 5 heteroatoms. The summed E-state index contributed by atoms with van der Waals surface area (Å²) in [5.74, 6) is 1.19. The zero-order valence-electron chi connectivity index (χ0n) is 12.4. The summed E-state index contributed by atoms with van der Waals surface area (Å²) < 4.78 is 28.2. The normalized spacial score (nSPS) is 11.5. The van der Waals surface area contributed by atoms with Crippen LogP contribution in [-0.2, 0) is 16.4 Å². The summed E-state index contributed by atoms with van der Waals surface area (Å²) in [5, 5.41) is 3.34. The number of hydrogen-bond donors (Lipinski definition) is 1. The molecule has 1 rings (SSSR count). The third kappa shape index (κ3) is 6.91. The molecule has 1 aromatic carbocycles. The number of hydrogen-bond acceptors (Lipinski definition) is 4. The molecule has 0 aliphatic carbocycles. The maximum Gasteiger partial charge on any atom is 0.150 e. The van der Waals surface area contributed by atoms with E-state index in [2.05, 4.69) is 12.2 Å². The van der Waals surface area contributed by atoms with Crippen LogP contribution in [0.4, 0.5) is 0 Å². The van der Waals surface area contributed by atoms with Gasteiger partial charge in [0.1, 0.15) is 15.6 Å². The number of ether oxygens (including phenoxy) is 1. The van der Waals surface area contributed by atoms with Crippen molar-refractivity contribution < 1.29 is 13.2 Å². The van der Waals surface area contributed by atoms with Crippen LogP contribution in [0, 0.1) is 0 Å². The van der Waals surface area contributed by atoms with Crippen LogP contribution in [0.2, 0.25) is 0 Å². The van der Waals surface area contributed by atoms with Gasteiger partial charge < -0.3 is 10.1 Å². The van der Waals surface area contributed by atoms with Gasteiger partial charge in [-0.25, -0.2) is 8.42 Å². The molecule has 0 aliphatic heterocycles. The van der Waals surface area contributed by atoms with E-state index in [1.807, 2.05) is 24.3 Å². The lowest BCUT2D eigenvalue weighted by Gasteiger charge is -2.08. The Bertz CT molecular complexity index is 468. The van der Waals surface area contributed by atoms with Crippen molar-refractivity contribution in [3.05, 3.63) is 29.8 Å². The Morgan fingerprint density at radius 2 is 1.85 bits per heavy atom. The van der Waals surface area contributed by atoms with E-state index in [0.29, 0.717) is 13.0 Å². The molecular weight excluding hydrogens is 274 g/mol. The Hall–Kier alpha value is -1.07. The van der Waals surface area contributed by atoms with Crippen molar-refractivity contribution in [2.24, 2.45) is 0 Å². The maximum absolute atomic E-state index is 11.3. The molecule has 0 radical (unpaired) electrons. The molecular formula is C15H25NO3S. The first-order valence-electron chi connectivity index (χ1n) is 7.20. The van der Waals surface area contributed by atoms with Crippen molar-refractivity contribution in [3.8, 4) is 5.75 Å². The minimum Gasteiger partial charge on any atom is -0.494 e. The summed E-state index contributed by atoms with van der Waals surface area (Å²) in [4.78, 5) is 0. The van der Waals surface area contributed by atoms with E-state index in [1.165, 1.54) is 5.56 Å². The molecule has 0 bridgehead atoms. The maximum atomic E-state index is 11.3. The molecule has 0 heterocycles. The zero-order chi connectivity index (χ0) is 14.8. The molecule has 0 unspecified atom stereocenters. The molecule has 0 amide bonds. The summed E-state index contributed by atoms with van der Waals surface area (Å²) in [5.41, 5.74) is 1.22. The summed E-state index contributed by atoms with van der Waals surface area (Å²) in [7, 11) is -2.88. The molecule has 0 aliphatic rings. The van der Waals surface area contributed by atoms with Crippen LogP contribution in [-0.4, -0.2) is 33.1 Å². The molecule has 0 spiro atoms. The molecule has 1 N–H and O–H groups in total. The second-order valence-corrected chi connectivity index (χ2v) is 7.23. The van der Waals surface area contributed by atoms with E-state index in [0.717, 1.165) is 25.3 Å². The van der Waals surface area contributed by atoms with Gasteiger partial charge in [0.05, 0.1) is 12.4 Å². The van der Waals surface area contributed by atoms with Gasteiger partial charge in [0, 0.05) is 12.3 Å². The second kappa shape index (κ2) is 8.97. The third-order valence-electron chi connectivity index (χ3n) is 2.99. The van der Waals surface area contributed by atoms with E-state index < -0.39 is 9.84 Å². The van der Waals surface area contributed by atoms with Crippen LogP contribution < -0.4 is 10.1 Å². The topological polar surface area (TPSA) is 55.4 Å². The first-order valence-corrected chi connectivity index (χ1v) is 9.02. The smallest absolute Gasteiger partial charge is 0.150 e. The van der Waals surface area contributed by atoms with Crippen LogP contribution in [0.3, 0.4) is 0 Å². The second-order valence-electron chi connectivity index (χ2n) is 4.76. The van der Waals surface area contributed by atoms with Gasteiger partial charge in [0.15, 0.2) is 0 Å². The van der Waals surface area contributed by atoms with Crippen molar-refractivity contribution in [1.29, 1.82) is 0 Å². The lowest BCUT2D eigenvalue weighted by Crippen LogP contribution is -2.13. The summed E-state index contributed by atoms with van der Waals surface area (Å²) in [6.45, 7) is 6.13. The fourth-order valence-corrected chi connectivity index (χ4v) is 2.57. The fraction of sp³-hybridized carbons (Fsp3) is 0.600. The van der Waals surface area contributed by atoms with E-state index in [9.17, 15) is 8.42 Å². The van der Waals surface area contributed by atoms with Crippen LogP contribution in [0.5, 0.6) is 5.75 Å². The van der Waals surface area contributed by atoms with Crippen molar-refractivity contribution in [3.63, 3.8) is 0 Å². The lowest BCUT2D eigenvalue weighted by molar-refractivity contribution is 0.317. The molecule has 114 valence electrons. The summed E-state index contributed by atoms with van der Waals surface area (Å²) >= 11 is 0. The van der Waals surface area contributed by atoms with Gasteiger partial charge in [0.25, 0.3) is 0 Å². The number of benzene rings is 1. The highest BCUT2D eigenvalue weighted by Crippen LogP contribution is 2.12. The van der Waals surface area contributed by atoms with Crippen molar-refractivity contribution >= 4 is 9.84 Å². The molecule has 0 atom stereocenters. The Morgan fingerprint density at radius 3 is 2.45 bits per heavy atom. The Balaban J connectivity index is 2.28. The predicted octanol–water partition coefficient (Wildman–Crippen LogP) is 2.39. The largest absolute Gasteiger partial charge is 0.494 e. The Morgan fingerprint density at radius 1 is 1.15 bits per heavy atom. The molecule has 0 saturated carbocycles. The van der Waals surface area contributed by atoms with Gasteiger partial charge in [-0.1, -0.05) is 26.0 Å². The molecule has 4 nitrogen and oxygen atoms in total. The summed E-state index contributed by atoms with van der Waals surface area (Å²) in [6, 6.07) is 7.91. The molecule has 0 fully saturated rings. The number of rotatable bonds is 10. The van der Waals surface area contributed by atoms with Gasteiger partial charge in [0.2, 0.25) is 0 Å². The van der Waals surface area contributed by atoms with E-state index in [1.54, 1.807) is 6.92 Å². The van der Waals surface area contributed by atoms with E-state index >= 15 is 0 Å². The van der Waals surface area contributed by atoms with Crippen molar-refractivity contribution in [2.45, 2.75) is 33.2 Å². The van der Waals surface area contributed by atoms with E-state index in [4.69, 9.17) is 4.74 Å². The van der Waals surface area contributed by atoms with E-state index in [-0.39, 0.29) is 11.5 Å². The zero-order valence-corrected chi connectivity index (χ0v) is 13.2. The molecule has 1 aromatic rings. The Kier molecular flexibility index (Phi) is 7.62. The third-order valence-corrected chi connectivity index (χ3v) is 4.78. The summed E-state index contributed by atoms with van der Waals surface area (Å²) in [6.07, 6.45) is 1.66. The Labute approximate surface area is 122 Å². The van der Waals surface area contributed by atoms with Crippen LogP contribution in [0.1, 0.15) is 32.3 Å². The predicted molar refractivity (Wildman–Crippen MR) is 82.9 cm³/mol. The molecule has 20 heavy (non-hydrogen) atoms. The lowest BCUT2D eigenvalue weighted by atomic mass is 10.2. The van der Waals surface area contributed by atoms with Crippen LogP contribution >= 0.6 is 0 Å². The quantitative estimate of drug-likeness (QED) is 0.674. The van der Waals surface area contributed by atoms with Crippen LogP contribution in [0.15, 0.2) is 24.3 Å². The van der Waals surface area contributed by atoms with Gasteiger partial charge >= 0.3 is 0 Å². The first-order chi connectivity index (χ1) is 9.57. The molecule has 0 saturated heterocycles. The van der Waals surface area contributed by atoms with Gasteiger partial charge in [-0.05, 0) is 37.1 Å². The van der Waals surface area contributed by atoms with Gasteiger partial charge in [-0.15, -0.1) is 0 Å². The van der Waals surface area contributed by atoms with Crippen molar-refractivity contribution in [2.75, 3.05) is 24.7 Å². The number of nitrogens with one attached hydrogen (secondary N) is 1. The molecule has 0 aromatic heterocycles. The van der Waals surface area contributed by atoms with Crippen molar-refractivity contribution in [1.82, 2.24) is 5.32 Å². The highest BCUT2D eigenvalue weighted by Gasteiger charge is 2.06. The minimum absolute atomic E-state index is 0.197.